The van der Waals surface area contributed by atoms with Crippen LogP contribution in [-0.2, 0) is 28.5 Å². The number of aliphatic imine (C=N–C) groups is 1. The lowest BCUT2D eigenvalue weighted by atomic mass is 9.74. The van der Waals surface area contributed by atoms with E-state index in [0.29, 0.717) is 68.0 Å². The lowest BCUT2D eigenvalue weighted by Gasteiger charge is -2.60. The number of fused-ring (bicyclic) bond motifs is 4. The maximum absolute atomic E-state index is 15.2. The fourth-order valence-corrected chi connectivity index (χ4v) is 17.3. The fourth-order valence-electron chi connectivity index (χ4n) is 17.3. The third-order valence-corrected chi connectivity index (χ3v) is 22.9. The molecule has 1 amide bonds. The number of carbonyl (C=O) groups excluding carboxylic acids is 1. The average Bonchev–Trinajstić information content (AvgIpc) is 1.12. The molecular formula is C77H121F5N12O2. The highest BCUT2D eigenvalue weighted by atomic mass is 19.4. The van der Waals surface area contributed by atoms with Gasteiger partial charge < -0.3 is 56.2 Å². The standard InChI is InChI=1S/C77H121F5N12O2/c1-13-53(6)69-44-85-43-54(7)87-45-70-72(75(95)94-64-27-28-65(94)49-96-48-64)58(11)93(70)74(61-19-15-16-20-61)56(9)89-76(31-17-18-32-76)50-84-35-34-83-33-29-63(26-25-60-41-67(78)73(68(79)42-60)77(80,81)82)86-36-38-90(12)46-66(40-59-23-21-52(5)22-24-59)91(14-2)47-71-62(39-51(3)4)30-37-92(71)57(10)55(8)88-69/h21-24,29,33,36,38,41-42,46-47,51,53-58,61-62,64-65,69-70,72,74,83-85,87-89H,13-20,25-28,30-32,34-35,37,39-40,43-45,48-50H2,1-12H3/t53-,54?,55?,56?,57-,58?,62?,64?,65?,69+,70?,72-,74+/m0/s1. The third-order valence-electron chi connectivity index (χ3n) is 22.9. The Labute approximate surface area is 574 Å². The number of allylic oxidation sites excluding steroid dienone is 3. The van der Waals surface area contributed by atoms with Gasteiger partial charge in [0.05, 0.1) is 31.2 Å². The van der Waals surface area contributed by atoms with Gasteiger partial charge in [-0.2, -0.15) is 13.2 Å². The van der Waals surface area contributed by atoms with Crippen LogP contribution in [0.4, 0.5) is 22.0 Å². The molecule has 6 fully saturated rings. The van der Waals surface area contributed by atoms with Crippen LogP contribution in [0, 0.1) is 48.1 Å². The molecule has 2 aromatic rings. The molecular weight excluding hydrogens is 1220 g/mol. The molecule has 536 valence electrons. The maximum atomic E-state index is 15.2. The van der Waals surface area contributed by atoms with E-state index in [-0.39, 0.29) is 90.3 Å². The highest BCUT2D eigenvalue weighted by Crippen LogP contribution is 2.46. The number of hydrogen-bond donors (Lipinski definition) is 6. The number of carbonyl (C=O) groups is 1. The van der Waals surface area contributed by atoms with E-state index in [1.165, 1.54) is 42.5 Å². The molecule has 2 bridgehead atoms. The zero-order valence-corrected chi connectivity index (χ0v) is 60.4. The summed E-state index contributed by atoms with van der Waals surface area (Å²) in [7, 11) is 1.99. The minimum absolute atomic E-state index is 0.0622. The highest BCUT2D eigenvalue weighted by Gasteiger charge is 2.58. The van der Waals surface area contributed by atoms with Crippen molar-refractivity contribution in [3.63, 3.8) is 0 Å². The van der Waals surface area contributed by atoms with Gasteiger partial charge in [-0.15, -0.1) is 0 Å². The summed E-state index contributed by atoms with van der Waals surface area (Å²) >= 11 is 0. The molecule has 0 aromatic heterocycles. The summed E-state index contributed by atoms with van der Waals surface area (Å²) in [5, 5.41) is 23.8. The molecule has 5 heterocycles. The summed E-state index contributed by atoms with van der Waals surface area (Å²) in [5.41, 5.74) is 3.58. The summed E-state index contributed by atoms with van der Waals surface area (Å²) in [4.78, 5) is 32.3. The van der Waals surface area contributed by atoms with Crippen LogP contribution in [0.1, 0.15) is 181 Å². The Balaban J connectivity index is 1.03. The fraction of sp³-hybridized carbons (Fsp3) is 0.714. The van der Waals surface area contributed by atoms with Crippen LogP contribution < -0.4 is 31.9 Å². The van der Waals surface area contributed by atoms with Gasteiger partial charge in [-0.05, 0) is 166 Å². The molecule has 9 rings (SSSR count). The Kier molecular flexibility index (Phi) is 27.4. The van der Waals surface area contributed by atoms with Crippen LogP contribution >= 0.6 is 0 Å². The van der Waals surface area contributed by atoms with Crippen LogP contribution in [-0.4, -0.2) is 175 Å². The van der Waals surface area contributed by atoms with E-state index in [9.17, 15) is 22.0 Å². The van der Waals surface area contributed by atoms with E-state index in [4.69, 9.17) is 9.73 Å². The van der Waals surface area contributed by atoms with E-state index >= 15 is 4.79 Å². The molecule has 8 unspecified atom stereocenters. The Hall–Kier alpha value is -4.89. The molecule has 1 spiro atoms. The van der Waals surface area contributed by atoms with Crippen LogP contribution in [0.15, 0.2) is 89.9 Å². The molecule has 2 aromatic carbocycles. The van der Waals surface area contributed by atoms with E-state index in [1.54, 1.807) is 6.20 Å². The van der Waals surface area contributed by atoms with Gasteiger partial charge in [0.15, 0.2) is 0 Å². The number of alkyl halides is 3. The number of amides is 1. The number of hydrogen-bond acceptors (Lipinski definition) is 13. The summed E-state index contributed by atoms with van der Waals surface area (Å²) in [6, 6.07) is 12.0. The summed E-state index contributed by atoms with van der Waals surface area (Å²) < 4.78 is 76.8. The normalized spacial score (nSPS) is 30.5. The third kappa shape index (κ3) is 19.3. The molecule has 4 saturated heterocycles. The van der Waals surface area contributed by atoms with Crippen molar-refractivity contribution in [2.24, 2.45) is 34.6 Å². The van der Waals surface area contributed by atoms with E-state index in [2.05, 4.69) is 164 Å². The Morgan fingerprint density at radius 2 is 1.51 bits per heavy atom. The predicted molar refractivity (Wildman–Crippen MR) is 380 cm³/mol. The van der Waals surface area contributed by atoms with Gasteiger partial charge in [0.25, 0.3) is 0 Å². The maximum Gasteiger partial charge on any atom is 0.422 e. The number of aryl methyl sites for hydroxylation is 2. The van der Waals surface area contributed by atoms with Crippen molar-refractivity contribution in [1.29, 1.82) is 0 Å². The quantitative estimate of drug-likeness (QED) is 0.113. The summed E-state index contributed by atoms with van der Waals surface area (Å²) in [6.45, 7) is 33.0. The Morgan fingerprint density at radius 3 is 2.17 bits per heavy atom. The SMILES string of the molecule is CC[C@H](C)[C@H]1CNCC(C)NCC2[C@@H](C(=O)N3C4CCC3COC4)C(C)N2[C@@H](C2CCCC2)C(C)NC2(CCCC2)CNCCNC=CC(CCc2cc(F)c(C(F)(F)F)c(F)c2)=NC=CN(C)C=C(Cc2ccc(C)cc2)N(CC)C=C2C(CC(C)C)CCN2[C@@H](C)C(C)N1. The molecule has 13 atom stereocenters. The molecule has 6 N–H and O–H groups in total. The van der Waals surface area contributed by atoms with Crippen molar-refractivity contribution in [3.05, 3.63) is 119 Å². The van der Waals surface area contributed by atoms with Gasteiger partial charge >= 0.3 is 6.18 Å². The zero-order chi connectivity index (χ0) is 68.8. The summed E-state index contributed by atoms with van der Waals surface area (Å²) in [5.74, 6) is -1.15. The molecule has 19 heteroatoms. The van der Waals surface area contributed by atoms with Crippen molar-refractivity contribution in [3.8, 4) is 0 Å². The van der Waals surface area contributed by atoms with Crippen molar-refractivity contribution < 1.29 is 31.5 Å². The first-order chi connectivity index (χ1) is 46.0. The number of likely N-dealkylation sites (N-methyl/N-ethyl adjacent to an activating group) is 1. The van der Waals surface area contributed by atoms with Crippen molar-refractivity contribution in [2.75, 3.05) is 72.6 Å². The largest absolute Gasteiger partial charge is 0.422 e. The second-order valence-electron chi connectivity index (χ2n) is 30.5. The van der Waals surface area contributed by atoms with Gasteiger partial charge in [0, 0.05) is 168 Å². The number of ether oxygens (including phenoxy) is 1. The molecule has 7 aliphatic rings. The topological polar surface area (TPSA) is 127 Å². The van der Waals surface area contributed by atoms with Crippen molar-refractivity contribution in [1.82, 2.24) is 56.4 Å². The Bertz CT molecular complexity index is 2900. The summed E-state index contributed by atoms with van der Waals surface area (Å²) in [6.07, 6.45) is 22.3. The lowest BCUT2D eigenvalue weighted by Crippen LogP contribution is -2.76. The molecule has 5 aliphatic heterocycles. The van der Waals surface area contributed by atoms with Gasteiger partial charge in [0.1, 0.15) is 17.2 Å². The second kappa shape index (κ2) is 34.9. The first kappa shape index (κ1) is 75.3. The lowest BCUT2D eigenvalue weighted by molar-refractivity contribution is -0.170. The number of benzene rings is 2. The van der Waals surface area contributed by atoms with Gasteiger partial charge in [0.2, 0.25) is 5.91 Å². The predicted octanol–water partition coefficient (Wildman–Crippen LogP) is 12.7. The number of rotatable bonds is 12. The number of nitrogens with one attached hydrogen (secondary N) is 6. The monoisotopic (exact) mass is 1340 g/mol. The van der Waals surface area contributed by atoms with Crippen LogP contribution in [0.5, 0.6) is 0 Å². The van der Waals surface area contributed by atoms with E-state index in [1.807, 2.05) is 30.4 Å². The van der Waals surface area contributed by atoms with Crippen LogP contribution in [0.3, 0.4) is 0 Å². The first-order valence-electron chi connectivity index (χ1n) is 37.2. The minimum atomic E-state index is -5.16. The van der Waals surface area contributed by atoms with Crippen molar-refractivity contribution >= 4 is 11.6 Å². The number of nitrogens with zero attached hydrogens (tertiary/aromatic N) is 6. The van der Waals surface area contributed by atoms with E-state index < -0.39 is 23.4 Å². The van der Waals surface area contributed by atoms with Crippen LogP contribution in [0.25, 0.3) is 0 Å². The zero-order valence-electron chi connectivity index (χ0n) is 60.4. The molecule has 2 aliphatic carbocycles. The second-order valence-corrected chi connectivity index (χ2v) is 30.5. The van der Waals surface area contributed by atoms with E-state index in [0.717, 1.165) is 115 Å². The van der Waals surface area contributed by atoms with Gasteiger partial charge in [-0.25, -0.2) is 8.78 Å². The van der Waals surface area contributed by atoms with Gasteiger partial charge in [-0.3, -0.25) is 14.7 Å². The number of halogens is 5. The Morgan fingerprint density at radius 1 is 0.812 bits per heavy atom. The first-order valence-corrected chi connectivity index (χ1v) is 37.2. The number of morpholine rings is 1. The average molecular weight is 1340 g/mol. The van der Waals surface area contributed by atoms with Gasteiger partial charge in [-0.1, -0.05) is 89.6 Å². The highest BCUT2D eigenvalue weighted by molar-refractivity contribution is 5.95. The molecule has 0 radical (unpaired) electrons. The molecule has 96 heavy (non-hydrogen) atoms. The minimum Gasteiger partial charge on any atom is -0.390 e. The molecule has 14 nitrogen and oxygen atoms in total. The van der Waals surface area contributed by atoms with Crippen LogP contribution in [0.2, 0.25) is 0 Å². The smallest absolute Gasteiger partial charge is 0.390 e. The molecule has 2 saturated carbocycles. The van der Waals surface area contributed by atoms with Crippen molar-refractivity contribution in [2.45, 2.75) is 251 Å².